The fourth-order valence-corrected chi connectivity index (χ4v) is 8.20. The Bertz CT molecular complexity index is 3190. The summed E-state index contributed by atoms with van der Waals surface area (Å²) in [5.74, 6) is 1.68. The van der Waals surface area contributed by atoms with Crippen molar-refractivity contribution in [3.63, 3.8) is 0 Å². The smallest absolute Gasteiger partial charge is 0.121 e. The molecule has 10 rings (SSSR count). The van der Waals surface area contributed by atoms with Crippen LogP contribution < -0.4 is 0 Å². The molecule has 0 aliphatic rings. The summed E-state index contributed by atoms with van der Waals surface area (Å²) in [6.45, 7) is 15.4. The Morgan fingerprint density at radius 2 is 1.30 bits per heavy atom. The van der Waals surface area contributed by atoms with Gasteiger partial charge in [0.05, 0.1) is 28.3 Å². The molecular weight excluding hydrogens is 968 g/mol. The Morgan fingerprint density at radius 1 is 0.641 bits per heavy atom. The quantitative estimate of drug-likeness (QED) is 0.149. The zero-order valence-corrected chi connectivity index (χ0v) is 39.5. The number of aromatic nitrogens is 4. The molecule has 0 saturated heterocycles. The summed E-state index contributed by atoms with van der Waals surface area (Å²) in [6.07, 6.45) is 1.72. The molecular formula is C57H49FIrN4O-2. The van der Waals surface area contributed by atoms with Crippen molar-refractivity contribution in [1.29, 1.82) is 0 Å². The van der Waals surface area contributed by atoms with Crippen molar-refractivity contribution in [3.05, 3.63) is 193 Å². The van der Waals surface area contributed by atoms with Crippen LogP contribution >= 0.6 is 0 Å². The third kappa shape index (κ3) is 8.71. The average Bonchev–Trinajstić information content (AvgIpc) is 3.88. The molecule has 0 unspecified atom stereocenters. The van der Waals surface area contributed by atoms with Crippen molar-refractivity contribution < 1.29 is 28.9 Å². The van der Waals surface area contributed by atoms with E-state index in [4.69, 9.17) is 9.40 Å². The number of fused-ring (bicyclic) bond motifs is 4. The van der Waals surface area contributed by atoms with Gasteiger partial charge >= 0.3 is 0 Å². The van der Waals surface area contributed by atoms with Crippen molar-refractivity contribution in [3.8, 4) is 50.7 Å². The standard InChI is InChI=1S/C43H35N2O.C14H14FN2.Ir/c1-27(2)36-24-32(30-16-9-6-10-17-30)25-37(28(3)4)41(36)45-39-21-12-11-20-38(39)44-43(45)35-19-13-18-34-33-23-22-31(26-40(33)46-42(34)35)29-14-7-5-8-15-29;1-14(2,3)12-8-9-16-13(17-12)10-4-6-11(15)7-5-10;/h5-18,20-28H,1-4H3;4,6-9H,1-3H3;/q2*-1;. The van der Waals surface area contributed by atoms with E-state index in [2.05, 4.69) is 190 Å². The number of hydrogen-bond donors (Lipinski definition) is 0. The maximum atomic E-state index is 12.8. The van der Waals surface area contributed by atoms with E-state index < -0.39 is 0 Å². The largest absolute Gasteiger partial charge is 0.501 e. The summed E-state index contributed by atoms with van der Waals surface area (Å²) >= 11 is 0. The molecule has 0 atom stereocenters. The van der Waals surface area contributed by atoms with E-state index in [1.54, 1.807) is 12.3 Å². The molecule has 0 bridgehead atoms. The van der Waals surface area contributed by atoms with Crippen LogP contribution in [0.4, 0.5) is 4.39 Å². The fourth-order valence-electron chi connectivity index (χ4n) is 8.20. The number of rotatable bonds is 7. The van der Waals surface area contributed by atoms with Gasteiger partial charge in [0.15, 0.2) is 0 Å². The summed E-state index contributed by atoms with van der Waals surface area (Å²) in [5, 5.41) is 2.15. The molecule has 7 aromatic carbocycles. The van der Waals surface area contributed by atoms with Gasteiger partial charge in [0.2, 0.25) is 0 Å². The third-order valence-electron chi connectivity index (χ3n) is 11.5. The van der Waals surface area contributed by atoms with Crippen LogP contribution in [-0.4, -0.2) is 19.5 Å². The first-order valence-electron chi connectivity index (χ1n) is 21.6. The van der Waals surface area contributed by atoms with Gasteiger partial charge in [-0.3, -0.25) is 19.3 Å². The SMILES string of the molecule is CC(C)(C)c1ccnc(-c2[c-]cc(F)cc2)n1.CC(C)c1cc(-c2ccccc2)cc(C(C)C)c1-n1c(-c2[c-]ccc3c2oc2cc(-c4ccccc4)ccc23)nc2ccccc21.[Ir]. The van der Waals surface area contributed by atoms with Crippen molar-refractivity contribution in [2.24, 2.45) is 0 Å². The number of hydrogen-bond acceptors (Lipinski definition) is 4. The molecule has 0 N–H and O–H groups in total. The molecule has 0 aliphatic carbocycles. The monoisotopic (exact) mass is 1020 g/mol. The molecule has 3 heterocycles. The molecule has 7 heteroatoms. The van der Waals surface area contributed by atoms with Crippen LogP contribution in [0.25, 0.3) is 83.7 Å². The van der Waals surface area contributed by atoms with Crippen molar-refractivity contribution in [2.45, 2.75) is 65.7 Å². The minimum atomic E-state index is -0.305. The zero-order valence-electron chi connectivity index (χ0n) is 37.1. The van der Waals surface area contributed by atoms with E-state index in [-0.39, 0.29) is 43.2 Å². The van der Waals surface area contributed by atoms with Gasteiger partial charge in [0, 0.05) is 54.3 Å². The molecule has 321 valence electrons. The summed E-state index contributed by atoms with van der Waals surface area (Å²) in [6, 6.07) is 57.5. The molecule has 10 aromatic rings. The van der Waals surface area contributed by atoms with Gasteiger partial charge in [0.1, 0.15) is 5.58 Å². The first-order valence-corrected chi connectivity index (χ1v) is 21.6. The van der Waals surface area contributed by atoms with Crippen LogP contribution in [0.5, 0.6) is 0 Å². The Hall–Kier alpha value is -6.53. The van der Waals surface area contributed by atoms with Crippen molar-refractivity contribution >= 4 is 33.0 Å². The van der Waals surface area contributed by atoms with E-state index in [0.717, 1.165) is 55.6 Å². The number of nitrogens with zero attached hydrogens (tertiary/aromatic N) is 4. The molecule has 0 fully saturated rings. The van der Waals surface area contributed by atoms with Crippen LogP contribution in [-0.2, 0) is 25.5 Å². The summed E-state index contributed by atoms with van der Waals surface area (Å²) in [4.78, 5) is 14.0. The van der Waals surface area contributed by atoms with Crippen molar-refractivity contribution in [1.82, 2.24) is 19.5 Å². The second kappa shape index (κ2) is 18.3. The minimum absolute atomic E-state index is 0. The Balaban J connectivity index is 0.000000262. The third-order valence-corrected chi connectivity index (χ3v) is 11.5. The van der Waals surface area contributed by atoms with Crippen LogP contribution in [0.1, 0.15) is 77.1 Å². The van der Waals surface area contributed by atoms with Crippen molar-refractivity contribution in [2.75, 3.05) is 0 Å². The Labute approximate surface area is 388 Å². The first kappa shape index (κ1) is 44.1. The molecule has 0 spiro atoms. The van der Waals surface area contributed by atoms with Crippen LogP contribution in [0.3, 0.4) is 0 Å². The normalized spacial score (nSPS) is 11.6. The van der Waals surface area contributed by atoms with Gasteiger partial charge in [-0.15, -0.1) is 48.0 Å². The van der Waals surface area contributed by atoms with Gasteiger partial charge < -0.3 is 8.98 Å². The zero-order chi connectivity index (χ0) is 43.8. The van der Waals surface area contributed by atoms with Crippen LogP contribution in [0, 0.1) is 17.9 Å². The van der Waals surface area contributed by atoms with Gasteiger partial charge in [-0.1, -0.05) is 144 Å². The van der Waals surface area contributed by atoms with Gasteiger partial charge in [0.25, 0.3) is 0 Å². The molecule has 64 heavy (non-hydrogen) atoms. The minimum Gasteiger partial charge on any atom is -0.501 e. The van der Waals surface area contributed by atoms with E-state index in [0.29, 0.717) is 11.4 Å². The summed E-state index contributed by atoms with van der Waals surface area (Å²) in [7, 11) is 0. The predicted molar refractivity (Wildman–Crippen MR) is 257 cm³/mol. The Morgan fingerprint density at radius 3 is 1.94 bits per heavy atom. The second-order valence-corrected chi connectivity index (χ2v) is 17.6. The fraction of sp³-hybridized carbons (Fsp3) is 0.175. The summed E-state index contributed by atoms with van der Waals surface area (Å²) < 4.78 is 21.9. The molecule has 1 radical (unpaired) electrons. The Kier molecular flexibility index (Phi) is 12.6. The number of furan rings is 1. The topological polar surface area (TPSA) is 56.7 Å². The number of benzene rings is 7. The van der Waals surface area contributed by atoms with E-state index in [1.807, 2.05) is 18.2 Å². The van der Waals surface area contributed by atoms with Gasteiger partial charge in [-0.2, -0.15) is 0 Å². The number of para-hydroxylation sites is 2. The molecule has 0 amide bonds. The molecule has 3 aromatic heterocycles. The van der Waals surface area contributed by atoms with Gasteiger partial charge in [-0.05, 0) is 81.6 Å². The summed E-state index contributed by atoms with van der Waals surface area (Å²) in [5.41, 5.74) is 14.7. The second-order valence-electron chi connectivity index (χ2n) is 17.6. The van der Waals surface area contributed by atoms with E-state index in [9.17, 15) is 4.39 Å². The van der Waals surface area contributed by atoms with E-state index in [1.165, 1.54) is 45.6 Å². The van der Waals surface area contributed by atoms with Crippen LogP contribution in [0.2, 0.25) is 0 Å². The average molecular weight is 1020 g/mol. The number of imidazole rings is 1. The molecule has 5 nitrogen and oxygen atoms in total. The number of halogens is 1. The van der Waals surface area contributed by atoms with Crippen LogP contribution in [0.15, 0.2) is 162 Å². The maximum Gasteiger partial charge on any atom is 0.121 e. The first-order chi connectivity index (χ1) is 30.4. The molecule has 0 saturated carbocycles. The van der Waals surface area contributed by atoms with Gasteiger partial charge in [-0.25, -0.2) is 0 Å². The molecule has 0 aliphatic heterocycles. The predicted octanol–water partition coefficient (Wildman–Crippen LogP) is 15.4. The van der Waals surface area contributed by atoms with E-state index >= 15 is 0 Å². The maximum absolute atomic E-state index is 12.8.